The fraction of sp³-hybridized carbons (Fsp3) is 0.634. The van der Waals surface area contributed by atoms with Gasteiger partial charge in [-0.15, -0.1) is 0 Å². The molecule has 4 aliphatic heterocycles. The Hall–Kier alpha value is -8.13. The number of amides is 10. The van der Waals surface area contributed by atoms with E-state index in [4.69, 9.17) is 5.73 Å². The summed E-state index contributed by atoms with van der Waals surface area (Å²) in [7, 11) is 0. The van der Waals surface area contributed by atoms with Crippen LogP contribution in [0.1, 0.15) is 113 Å². The predicted octanol–water partition coefficient (Wildman–Crippen LogP) is -1.15. The summed E-state index contributed by atoms with van der Waals surface area (Å²) in [6.45, 7) is 4.47. The van der Waals surface area contributed by atoms with Crippen LogP contribution in [0, 0.1) is 0 Å². The quantitative estimate of drug-likeness (QED) is 0.0428. The van der Waals surface area contributed by atoms with Gasteiger partial charge >= 0.3 is 23.9 Å². The van der Waals surface area contributed by atoms with E-state index in [0.29, 0.717) is 42.1 Å². The van der Waals surface area contributed by atoms with Gasteiger partial charge in [0.1, 0.15) is 42.3 Å². The van der Waals surface area contributed by atoms with Crippen molar-refractivity contribution >= 4 is 118 Å². The molecule has 10 amide bonds. The molecule has 3 fully saturated rings. The van der Waals surface area contributed by atoms with Crippen LogP contribution in [-0.4, -0.2) is 308 Å². The fourth-order valence-electron chi connectivity index (χ4n) is 13.0. The molecule has 0 saturated carbocycles. The van der Waals surface area contributed by atoms with Crippen molar-refractivity contribution in [2.24, 2.45) is 5.73 Å². The van der Waals surface area contributed by atoms with Gasteiger partial charge in [0.2, 0.25) is 59.1 Å². The minimum Gasteiger partial charge on any atom is -0.481 e. The molecule has 4 heterocycles. The Morgan fingerprint density at radius 3 is 1.68 bits per heavy atom. The summed E-state index contributed by atoms with van der Waals surface area (Å²) in [5, 5.41) is 68.6. The third kappa shape index (κ3) is 31.5. The number of aliphatic hydroxyl groups excluding tert-OH is 1. The van der Waals surface area contributed by atoms with Crippen molar-refractivity contribution in [1.82, 2.24) is 66.6 Å². The Kier molecular flexibility index (Phi) is 38.0. The van der Waals surface area contributed by atoms with Gasteiger partial charge < -0.3 is 78.3 Å². The molecule has 6 rings (SSSR count). The van der Waals surface area contributed by atoms with Crippen LogP contribution >= 0.6 is 35.3 Å². The van der Waals surface area contributed by atoms with E-state index in [1.165, 1.54) is 52.0 Å². The predicted molar refractivity (Wildman–Crippen MR) is 400 cm³/mol. The van der Waals surface area contributed by atoms with Gasteiger partial charge in [0, 0.05) is 139 Å². The maximum absolute atomic E-state index is 15.0. The van der Waals surface area contributed by atoms with Gasteiger partial charge in [-0.25, -0.2) is 0 Å². The molecule has 8 atom stereocenters. The molecule has 2 aromatic carbocycles. The maximum Gasteiger partial charge on any atom is 0.317 e. The maximum atomic E-state index is 15.0. The highest BCUT2D eigenvalue weighted by atomic mass is 32.2. The highest BCUT2D eigenvalue weighted by molar-refractivity contribution is 7.99. The number of carboxylic acids is 4. The van der Waals surface area contributed by atoms with Crippen molar-refractivity contribution in [2.45, 2.75) is 163 Å². The summed E-state index contributed by atoms with van der Waals surface area (Å²) in [5.74, 6) is -9.76. The standard InChI is InChI=1S/C71H106N14O19S3/c1-3-4-6-16-58(88)75-54-45-107-43-50-34-48(41-105-32-21-73-59(89)37-80-24-26-81(38-61(92)93)28-30-83(40-63(96)97)31-29-82(27-25-80)39-62(94)95)33-49(35-50)42-106-44-53(65(98)74-20-9-17-60(90)91)78-67(100)52(36-47-12-7-5-8-13-47)77-66(99)51(18-19-57(72)87)76-69(102)64(46(2)86)79-68(101)55-14-10-22-84(55)71(104)56-15-11-23-85(56)70(54)103/h5,7-8,12-13,33-35,46,51-56,64,86H,3-4,6,9-11,14-32,36-45H2,1-2H3,(H2,72,87)(H,73,89)(H,74,98)(H,75,88)(H,76,102)(H,77,99)(H,78,100)(H,79,101)(H,90,91)(H,92,93)(H,94,95)(H,96,97)/t46-,51+,52+,53+,54+,55+,56+,64+/m1/s1. The molecule has 0 radical (unpaired) electrons. The first-order valence-electron chi connectivity index (χ1n) is 36.4. The minimum absolute atomic E-state index is 0.0566. The number of aliphatic hydroxyl groups is 1. The van der Waals surface area contributed by atoms with E-state index in [-0.39, 0.29) is 172 Å². The number of fused-ring (bicyclic) bond motifs is 4. The van der Waals surface area contributed by atoms with Crippen molar-refractivity contribution < 1.29 is 92.7 Å². The lowest BCUT2D eigenvalue weighted by atomic mass is 10.0. The summed E-state index contributed by atoms with van der Waals surface area (Å²) in [5.41, 5.74) is 8.57. The lowest BCUT2D eigenvalue weighted by molar-refractivity contribution is -0.148. The first-order chi connectivity index (χ1) is 51.2. The third-order valence-corrected chi connectivity index (χ3v) is 21.8. The van der Waals surface area contributed by atoms with E-state index in [2.05, 4.69) is 37.2 Å². The Balaban J connectivity index is 1.31. The number of hydrogen-bond acceptors (Lipinski definition) is 22. The lowest BCUT2D eigenvalue weighted by Gasteiger charge is -2.33. The lowest BCUT2D eigenvalue weighted by Crippen LogP contribution is -2.61. The minimum atomic E-state index is -1.73. The number of primary amides is 1. The van der Waals surface area contributed by atoms with E-state index >= 15 is 0 Å². The zero-order chi connectivity index (χ0) is 78.0. The first kappa shape index (κ1) is 87.8. The number of hydrogen-bond donors (Lipinski definition) is 13. The first-order valence-corrected chi connectivity index (χ1v) is 39.9. The summed E-state index contributed by atoms with van der Waals surface area (Å²) in [6.07, 6.45) is 0.749. The summed E-state index contributed by atoms with van der Waals surface area (Å²) in [6, 6.07) is 5.11. The van der Waals surface area contributed by atoms with Gasteiger partial charge in [0.15, 0.2) is 0 Å². The SMILES string of the molecule is CCCCCC(=O)N[C@H]1CSCc2cc(CSCCNC(=O)CN3CCN(CC(=O)O)CCN(CC(=O)O)CCN(CC(=O)O)CC3)cc(c2)CSC[C@@H](C(=O)NCCCC(=O)O)NC(=O)[C@H](Cc2ccccc2)NC(=O)[C@H](CCC(N)=O)NC(=O)[C@H]([C@@H](C)O)NC(=O)[C@@H]2CCCN2C(=O)[C@@H]2CCCN2C1=O. The molecule has 3 saturated heterocycles. The molecule has 14 N–H and O–H groups in total. The van der Waals surface area contributed by atoms with Crippen molar-refractivity contribution in [1.29, 1.82) is 0 Å². The van der Waals surface area contributed by atoms with Crippen LogP contribution < -0.4 is 43.0 Å². The van der Waals surface area contributed by atoms with Gasteiger partial charge in [-0.1, -0.05) is 68.3 Å². The molecule has 33 nitrogen and oxygen atoms in total. The van der Waals surface area contributed by atoms with E-state index in [0.717, 1.165) is 29.5 Å². The van der Waals surface area contributed by atoms with Gasteiger partial charge in [0.25, 0.3) is 0 Å². The molecule has 107 heavy (non-hydrogen) atoms. The molecular weight excluding hydrogens is 1450 g/mol. The second-order valence-corrected chi connectivity index (χ2v) is 30.4. The number of nitrogens with two attached hydrogens (primary N) is 1. The van der Waals surface area contributed by atoms with E-state index < -0.39 is 132 Å². The van der Waals surface area contributed by atoms with Crippen molar-refractivity contribution in [3.63, 3.8) is 0 Å². The normalized spacial score (nSPS) is 22.7. The molecule has 4 aliphatic rings. The Bertz CT molecular complexity index is 3330. The summed E-state index contributed by atoms with van der Waals surface area (Å²) in [4.78, 5) is 198. The Morgan fingerprint density at radius 2 is 1.12 bits per heavy atom. The second kappa shape index (κ2) is 46.3. The molecule has 0 aliphatic carbocycles. The zero-order valence-corrected chi connectivity index (χ0v) is 63.4. The summed E-state index contributed by atoms with van der Waals surface area (Å²) < 4.78 is 0. The average molecular weight is 1560 g/mol. The van der Waals surface area contributed by atoms with Crippen LogP contribution in [0.3, 0.4) is 0 Å². The molecule has 592 valence electrons. The largest absolute Gasteiger partial charge is 0.481 e. The number of nitrogens with zero attached hydrogens (tertiary/aromatic N) is 6. The Labute approximate surface area is 635 Å². The number of rotatable bonds is 29. The van der Waals surface area contributed by atoms with Gasteiger partial charge in [-0.2, -0.15) is 35.3 Å². The second-order valence-electron chi connectivity index (χ2n) is 27.2. The fourth-order valence-corrected chi connectivity index (χ4v) is 15.7. The van der Waals surface area contributed by atoms with Crippen LogP contribution in [0.5, 0.6) is 0 Å². The van der Waals surface area contributed by atoms with Crippen LogP contribution in [0.2, 0.25) is 0 Å². The number of nitrogens with one attached hydrogen (secondary N) is 7. The Morgan fingerprint density at radius 1 is 0.570 bits per heavy atom. The van der Waals surface area contributed by atoms with Crippen LogP contribution in [0.4, 0.5) is 0 Å². The highest BCUT2D eigenvalue weighted by Gasteiger charge is 2.45. The van der Waals surface area contributed by atoms with Crippen LogP contribution in [0.15, 0.2) is 48.5 Å². The average Bonchev–Trinajstić information content (AvgIpc) is 1.68. The number of carbonyl (C=O) groups excluding carboxylic acids is 10. The number of carboxylic acid groups (broad SMARTS) is 4. The highest BCUT2D eigenvalue weighted by Crippen LogP contribution is 2.29. The molecule has 36 heteroatoms. The van der Waals surface area contributed by atoms with Crippen LogP contribution in [0.25, 0.3) is 0 Å². The molecule has 2 aromatic rings. The molecule has 2 bridgehead atoms. The third-order valence-electron chi connectivity index (χ3n) is 18.5. The summed E-state index contributed by atoms with van der Waals surface area (Å²) >= 11 is 4.16. The van der Waals surface area contributed by atoms with Crippen molar-refractivity contribution in [3.8, 4) is 0 Å². The number of aliphatic carboxylic acids is 4. The number of benzene rings is 2. The van der Waals surface area contributed by atoms with Gasteiger partial charge in [-0.3, -0.25) is 86.7 Å². The molecule has 0 spiro atoms. The molecular formula is C71H106N14O19S3. The van der Waals surface area contributed by atoms with Crippen LogP contribution in [-0.2, 0) is 90.8 Å². The van der Waals surface area contributed by atoms with Crippen molar-refractivity contribution in [3.05, 3.63) is 70.8 Å². The van der Waals surface area contributed by atoms with E-state index in [1.54, 1.807) is 45.0 Å². The molecule has 0 unspecified atom stereocenters. The number of unbranched alkanes of at least 4 members (excludes halogenated alkanes) is 2. The smallest absolute Gasteiger partial charge is 0.317 e. The van der Waals surface area contributed by atoms with Crippen molar-refractivity contribution in [2.75, 3.05) is 122 Å². The number of thioether (sulfide) groups is 3. The molecule has 0 aromatic heterocycles. The topological polar surface area (TPSA) is 470 Å². The van der Waals surface area contributed by atoms with E-state index in [9.17, 15) is 92.7 Å². The van der Waals surface area contributed by atoms with E-state index in [1.807, 2.05) is 30.0 Å². The zero-order valence-electron chi connectivity index (χ0n) is 60.9. The number of carbonyl (C=O) groups is 14. The van der Waals surface area contributed by atoms with Gasteiger partial charge in [0.05, 0.1) is 32.3 Å². The monoisotopic (exact) mass is 1550 g/mol. The van der Waals surface area contributed by atoms with Gasteiger partial charge in [-0.05, 0) is 74.1 Å².